The summed E-state index contributed by atoms with van der Waals surface area (Å²) in [5.41, 5.74) is 0.948. The lowest BCUT2D eigenvalue weighted by Gasteiger charge is -2.34. The van der Waals surface area contributed by atoms with E-state index >= 15 is 0 Å². The zero-order valence-corrected chi connectivity index (χ0v) is 19.8. The molecule has 0 amide bonds. The second-order valence-electron chi connectivity index (χ2n) is 8.10. The number of hydrogen-bond donors (Lipinski definition) is 0. The number of carbonyl (C=O) groups is 2. The van der Waals surface area contributed by atoms with Crippen molar-refractivity contribution in [2.45, 2.75) is 26.7 Å². The van der Waals surface area contributed by atoms with Crippen molar-refractivity contribution in [1.29, 1.82) is 0 Å². The fourth-order valence-electron chi connectivity index (χ4n) is 3.53. The molecule has 9 heteroatoms. The second-order valence-corrected chi connectivity index (χ2v) is 8.10. The Morgan fingerprint density at radius 1 is 1.12 bits per heavy atom. The number of carboxylic acid groups (broad SMARTS) is 2. The van der Waals surface area contributed by atoms with Crippen LogP contribution in [0.5, 0.6) is 5.88 Å². The molecule has 1 aromatic carbocycles. The molecule has 1 unspecified atom stereocenters. The van der Waals surface area contributed by atoms with Gasteiger partial charge in [-0.05, 0) is 36.6 Å². The summed E-state index contributed by atoms with van der Waals surface area (Å²) in [6.07, 6.45) is 5.08. The van der Waals surface area contributed by atoms with Crippen molar-refractivity contribution >= 4 is 28.8 Å². The first-order chi connectivity index (χ1) is 16.3. The van der Waals surface area contributed by atoms with Gasteiger partial charge in [0.05, 0.1) is 29.4 Å². The number of nitrogens with zero attached hydrogens (tertiary/aromatic N) is 4. The third kappa shape index (κ3) is 8.82. The second kappa shape index (κ2) is 13.9. The molecule has 1 aliphatic rings. The first-order valence-corrected chi connectivity index (χ1v) is 11.4. The fourth-order valence-corrected chi connectivity index (χ4v) is 3.53. The van der Waals surface area contributed by atoms with Gasteiger partial charge in [0.1, 0.15) is 0 Å². The molecule has 1 fully saturated rings. The number of para-hydroxylation sites is 1. The monoisotopic (exact) mass is 468 g/mol. The number of ether oxygens (including phenoxy) is 1. The van der Waals surface area contributed by atoms with Crippen LogP contribution in [0.4, 0.5) is 5.95 Å². The maximum absolute atomic E-state index is 9.41. The van der Waals surface area contributed by atoms with Crippen molar-refractivity contribution in [2.75, 3.05) is 44.2 Å². The van der Waals surface area contributed by atoms with Gasteiger partial charge in [0, 0.05) is 32.7 Å². The molecule has 1 aliphatic heterocycles. The molecule has 2 aromatic rings. The molecular formula is C25H32N4O5-2. The van der Waals surface area contributed by atoms with Crippen LogP contribution in [0.15, 0.2) is 49.1 Å². The fraction of sp³-hybridized carbons (Fsp3) is 0.440. The summed E-state index contributed by atoms with van der Waals surface area (Å²) in [4.78, 5) is 33.1. The van der Waals surface area contributed by atoms with Gasteiger partial charge in [-0.15, -0.1) is 6.58 Å². The van der Waals surface area contributed by atoms with Gasteiger partial charge in [0.15, 0.2) is 0 Å². The van der Waals surface area contributed by atoms with Gasteiger partial charge in [-0.25, -0.2) is 4.98 Å². The Hall–Kier alpha value is -3.46. The molecule has 0 spiro atoms. The standard InChI is InChI=1S/C21H30N4O.C4H4O4/c1-4-8-17(3)16-26-20-18-9-6-7-10-19(18)22-21(23-20)25-14-12-24(11-5-2)13-15-25;5-3(6)1-2-4(7)8/h5-7,9-10,17H,2,4,8,11-16H2,1,3H3;1-2H,(H,5,6)(H,7,8)/p-2. The molecule has 184 valence electrons. The SMILES string of the molecule is C=CCN1CCN(c2nc(OCC(C)CCC)c3ccccc3n2)CC1.O=C([O-])C=CC(=O)[O-]. The lowest BCUT2D eigenvalue weighted by Crippen LogP contribution is -2.46. The maximum atomic E-state index is 9.41. The average molecular weight is 469 g/mol. The largest absolute Gasteiger partial charge is 0.545 e. The highest BCUT2D eigenvalue weighted by Crippen LogP contribution is 2.26. The van der Waals surface area contributed by atoms with Crippen molar-refractivity contribution in [3.05, 3.63) is 49.1 Å². The van der Waals surface area contributed by atoms with E-state index in [2.05, 4.69) is 30.2 Å². The summed E-state index contributed by atoms with van der Waals surface area (Å²) < 4.78 is 6.12. The molecule has 0 saturated carbocycles. The molecule has 3 rings (SSSR count). The Bertz CT molecular complexity index is 970. The van der Waals surface area contributed by atoms with E-state index in [0.717, 1.165) is 49.6 Å². The van der Waals surface area contributed by atoms with Gasteiger partial charge in [0.2, 0.25) is 11.8 Å². The van der Waals surface area contributed by atoms with Crippen molar-refractivity contribution in [3.63, 3.8) is 0 Å². The Labute approximate surface area is 200 Å². The molecule has 0 radical (unpaired) electrons. The van der Waals surface area contributed by atoms with Gasteiger partial charge in [-0.3, -0.25) is 4.90 Å². The van der Waals surface area contributed by atoms with E-state index in [9.17, 15) is 19.8 Å². The third-order valence-electron chi connectivity index (χ3n) is 5.24. The first-order valence-electron chi connectivity index (χ1n) is 11.4. The lowest BCUT2D eigenvalue weighted by atomic mass is 10.1. The number of benzene rings is 1. The third-order valence-corrected chi connectivity index (χ3v) is 5.24. The van der Waals surface area contributed by atoms with Crippen LogP contribution in [0.3, 0.4) is 0 Å². The minimum atomic E-state index is -1.55. The topological polar surface area (TPSA) is 122 Å². The molecule has 1 atom stereocenters. The minimum Gasteiger partial charge on any atom is -0.545 e. The van der Waals surface area contributed by atoms with Crippen LogP contribution in [0.1, 0.15) is 26.7 Å². The number of carboxylic acids is 2. The summed E-state index contributed by atoms with van der Waals surface area (Å²) in [6, 6.07) is 8.12. The molecule has 2 heterocycles. The van der Waals surface area contributed by atoms with Crippen LogP contribution >= 0.6 is 0 Å². The summed E-state index contributed by atoms with van der Waals surface area (Å²) in [7, 11) is 0. The average Bonchev–Trinajstić information content (AvgIpc) is 2.82. The van der Waals surface area contributed by atoms with Crippen molar-refractivity contribution < 1.29 is 24.5 Å². The molecule has 0 bridgehead atoms. The van der Waals surface area contributed by atoms with E-state index < -0.39 is 11.9 Å². The summed E-state index contributed by atoms with van der Waals surface area (Å²) in [6.45, 7) is 13.8. The van der Waals surface area contributed by atoms with Gasteiger partial charge in [0.25, 0.3) is 0 Å². The maximum Gasteiger partial charge on any atom is 0.229 e. The van der Waals surface area contributed by atoms with Crippen LogP contribution in [-0.4, -0.2) is 66.1 Å². The van der Waals surface area contributed by atoms with Crippen molar-refractivity contribution in [1.82, 2.24) is 14.9 Å². The Balaban J connectivity index is 0.000000440. The number of rotatable bonds is 10. The van der Waals surface area contributed by atoms with Crippen LogP contribution in [-0.2, 0) is 9.59 Å². The quantitative estimate of drug-likeness (QED) is 0.368. The number of piperazine rings is 1. The molecule has 0 aliphatic carbocycles. The lowest BCUT2D eigenvalue weighted by molar-refractivity contribution is -0.301. The summed E-state index contributed by atoms with van der Waals surface area (Å²) in [5, 5.41) is 19.8. The normalized spacial score (nSPS) is 14.9. The summed E-state index contributed by atoms with van der Waals surface area (Å²) >= 11 is 0. The van der Waals surface area contributed by atoms with Gasteiger partial charge in [-0.2, -0.15) is 4.98 Å². The predicted molar refractivity (Wildman–Crippen MR) is 127 cm³/mol. The highest BCUT2D eigenvalue weighted by Gasteiger charge is 2.20. The van der Waals surface area contributed by atoms with Gasteiger partial charge < -0.3 is 29.4 Å². The molecular weight excluding hydrogens is 436 g/mol. The Morgan fingerprint density at radius 3 is 2.35 bits per heavy atom. The molecule has 1 saturated heterocycles. The van der Waals surface area contributed by atoms with Gasteiger partial charge in [-0.1, -0.05) is 38.5 Å². The highest BCUT2D eigenvalue weighted by molar-refractivity contribution is 5.87. The van der Waals surface area contributed by atoms with E-state index in [1.165, 1.54) is 12.8 Å². The molecule has 9 nitrogen and oxygen atoms in total. The van der Waals surface area contributed by atoms with E-state index in [4.69, 9.17) is 14.7 Å². The van der Waals surface area contributed by atoms with Crippen LogP contribution < -0.4 is 19.8 Å². The number of hydrogen-bond acceptors (Lipinski definition) is 9. The number of aromatic nitrogens is 2. The number of anilines is 1. The van der Waals surface area contributed by atoms with Gasteiger partial charge >= 0.3 is 0 Å². The molecule has 0 N–H and O–H groups in total. The van der Waals surface area contributed by atoms with E-state index in [-0.39, 0.29) is 0 Å². The zero-order valence-electron chi connectivity index (χ0n) is 19.8. The van der Waals surface area contributed by atoms with E-state index in [1.807, 2.05) is 30.3 Å². The van der Waals surface area contributed by atoms with Crippen LogP contribution in [0.25, 0.3) is 10.9 Å². The highest BCUT2D eigenvalue weighted by atomic mass is 16.5. The Morgan fingerprint density at radius 2 is 1.76 bits per heavy atom. The predicted octanol–water partition coefficient (Wildman–Crippen LogP) is 0.795. The Kier molecular flexibility index (Phi) is 11.0. The van der Waals surface area contributed by atoms with Crippen molar-refractivity contribution in [3.8, 4) is 5.88 Å². The molecule has 34 heavy (non-hydrogen) atoms. The van der Waals surface area contributed by atoms with E-state index in [0.29, 0.717) is 30.6 Å². The summed E-state index contributed by atoms with van der Waals surface area (Å²) in [5.74, 6) is -1.08. The number of carbonyl (C=O) groups excluding carboxylic acids is 2. The van der Waals surface area contributed by atoms with Crippen molar-refractivity contribution in [2.24, 2.45) is 5.92 Å². The number of fused-ring (bicyclic) bond motifs is 1. The van der Waals surface area contributed by atoms with Crippen LogP contribution in [0, 0.1) is 5.92 Å². The minimum absolute atomic E-state index is 0.384. The zero-order chi connectivity index (χ0) is 24.9. The first kappa shape index (κ1) is 26.8. The van der Waals surface area contributed by atoms with E-state index in [1.54, 1.807) is 0 Å². The smallest absolute Gasteiger partial charge is 0.229 e. The van der Waals surface area contributed by atoms with Crippen LogP contribution in [0.2, 0.25) is 0 Å². The number of aliphatic carboxylic acids is 2. The molecule has 1 aromatic heterocycles.